The van der Waals surface area contributed by atoms with Gasteiger partial charge in [-0.2, -0.15) is 18.4 Å². The molecule has 5 rings (SSSR count). The molecule has 1 fully saturated rings. The first-order valence-corrected chi connectivity index (χ1v) is 13.6. The Hall–Kier alpha value is -4.29. The summed E-state index contributed by atoms with van der Waals surface area (Å²) in [5, 5.41) is 11.8. The van der Waals surface area contributed by atoms with Crippen molar-refractivity contribution >= 4 is 39.3 Å². The lowest BCUT2D eigenvalue weighted by molar-refractivity contribution is -0.138. The molecule has 1 saturated heterocycles. The van der Waals surface area contributed by atoms with Gasteiger partial charge < -0.3 is 25.0 Å². The normalized spacial score (nSPS) is 17.8. The number of pyridine rings is 1. The predicted molar refractivity (Wildman–Crippen MR) is 148 cm³/mol. The molecule has 0 saturated carbocycles. The quantitative estimate of drug-likeness (QED) is 0.418. The van der Waals surface area contributed by atoms with E-state index in [0.717, 1.165) is 17.4 Å². The number of alkyl halides is 3. The van der Waals surface area contributed by atoms with Crippen molar-refractivity contribution in [1.82, 2.24) is 14.9 Å². The number of carbonyl (C=O) groups excluding carboxylic acids is 1. The Kier molecular flexibility index (Phi) is 7.78. The largest absolute Gasteiger partial charge is 0.417 e. The van der Waals surface area contributed by atoms with Crippen LogP contribution in [0.15, 0.2) is 35.4 Å². The number of hydrogen-bond donors (Lipinski definition) is 2. The fourth-order valence-corrected chi connectivity index (χ4v) is 5.68. The Bertz CT molecular complexity index is 1680. The molecule has 0 bridgehead atoms. The van der Waals surface area contributed by atoms with Crippen LogP contribution in [0.4, 0.5) is 38.5 Å². The summed E-state index contributed by atoms with van der Waals surface area (Å²) in [7, 11) is 1.89. The van der Waals surface area contributed by atoms with E-state index in [2.05, 4.69) is 10.3 Å². The SMILES string of the molecule is CC1CN(c2cc(F)c(C3=CCN(c4ncc(C#N)s4)C3)c(F)c2NC(=O)c2c[nH]c(=O)cc2C(F)(F)F)CCN1C. The van der Waals surface area contributed by atoms with Crippen LogP contribution in [0.5, 0.6) is 0 Å². The highest BCUT2D eigenvalue weighted by atomic mass is 32.1. The molecular formula is C27H24F5N7O2S. The summed E-state index contributed by atoms with van der Waals surface area (Å²) in [6.45, 7) is 3.43. The number of thiazole rings is 1. The summed E-state index contributed by atoms with van der Waals surface area (Å²) < 4.78 is 73.1. The fourth-order valence-electron chi connectivity index (χ4n) is 4.96. The summed E-state index contributed by atoms with van der Waals surface area (Å²) in [4.78, 5) is 36.8. The van der Waals surface area contributed by atoms with Crippen LogP contribution in [0.3, 0.4) is 0 Å². The number of nitriles is 1. The minimum absolute atomic E-state index is 0.0194. The van der Waals surface area contributed by atoms with Crippen molar-refractivity contribution in [2.45, 2.75) is 19.1 Å². The molecular weight excluding hydrogens is 581 g/mol. The van der Waals surface area contributed by atoms with Gasteiger partial charge in [-0.3, -0.25) is 9.59 Å². The maximum absolute atomic E-state index is 16.4. The van der Waals surface area contributed by atoms with Gasteiger partial charge in [-0.25, -0.2) is 13.8 Å². The van der Waals surface area contributed by atoms with E-state index in [4.69, 9.17) is 5.26 Å². The Morgan fingerprint density at radius 1 is 1.24 bits per heavy atom. The molecule has 2 N–H and O–H groups in total. The van der Waals surface area contributed by atoms with Gasteiger partial charge in [-0.05, 0) is 19.5 Å². The molecule has 220 valence electrons. The molecule has 9 nitrogen and oxygen atoms in total. The molecule has 1 unspecified atom stereocenters. The van der Waals surface area contributed by atoms with E-state index in [-0.39, 0.29) is 36.5 Å². The lowest BCUT2D eigenvalue weighted by Crippen LogP contribution is -2.50. The summed E-state index contributed by atoms with van der Waals surface area (Å²) in [5.74, 6) is -3.38. The maximum atomic E-state index is 16.4. The predicted octanol–water partition coefficient (Wildman–Crippen LogP) is 4.30. The zero-order valence-electron chi connectivity index (χ0n) is 22.4. The Morgan fingerprint density at radius 2 is 2.00 bits per heavy atom. The lowest BCUT2D eigenvalue weighted by atomic mass is 10.0. The Morgan fingerprint density at radius 3 is 2.67 bits per heavy atom. The average Bonchev–Trinajstić information content (AvgIpc) is 3.61. The van der Waals surface area contributed by atoms with Crippen molar-refractivity contribution in [2.24, 2.45) is 0 Å². The Labute approximate surface area is 240 Å². The van der Waals surface area contributed by atoms with Gasteiger partial charge in [0.2, 0.25) is 5.56 Å². The minimum Gasteiger partial charge on any atom is -0.367 e. The Balaban J connectivity index is 1.56. The number of carbonyl (C=O) groups is 1. The third-order valence-corrected chi connectivity index (χ3v) is 8.29. The number of piperazine rings is 1. The molecule has 1 amide bonds. The number of hydrogen-bond acceptors (Lipinski definition) is 8. The first kappa shape index (κ1) is 29.2. The highest BCUT2D eigenvalue weighted by Gasteiger charge is 2.37. The van der Waals surface area contributed by atoms with Crippen molar-refractivity contribution < 1.29 is 26.7 Å². The van der Waals surface area contributed by atoms with Crippen molar-refractivity contribution in [3.63, 3.8) is 0 Å². The molecule has 2 aliphatic rings. The van der Waals surface area contributed by atoms with Crippen molar-refractivity contribution in [3.05, 3.63) is 74.2 Å². The van der Waals surface area contributed by atoms with Gasteiger partial charge in [-0.15, -0.1) is 0 Å². The molecule has 0 spiro atoms. The maximum Gasteiger partial charge on any atom is 0.417 e. The van der Waals surface area contributed by atoms with Gasteiger partial charge in [0.05, 0.1) is 28.6 Å². The van der Waals surface area contributed by atoms with Gasteiger partial charge in [0.1, 0.15) is 22.5 Å². The molecule has 15 heteroatoms. The number of nitrogens with zero attached hydrogens (tertiary/aromatic N) is 5. The number of H-pyrrole nitrogens is 1. The van der Waals surface area contributed by atoms with Crippen LogP contribution in [0.2, 0.25) is 0 Å². The zero-order chi connectivity index (χ0) is 30.3. The highest BCUT2D eigenvalue weighted by Crippen LogP contribution is 2.40. The van der Waals surface area contributed by atoms with Gasteiger partial charge in [0.25, 0.3) is 5.91 Å². The van der Waals surface area contributed by atoms with Crippen LogP contribution in [0.25, 0.3) is 5.57 Å². The molecule has 1 aromatic carbocycles. The summed E-state index contributed by atoms with van der Waals surface area (Å²) in [6, 6.07) is 3.29. The van der Waals surface area contributed by atoms with Crippen LogP contribution in [0, 0.1) is 23.0 Å². The highest BCUT2D eigenvalue weighted by molar-refractivity contribution is 7.16. The molecule has 1 atom stereocenters. The van der Waals surface area contributed by atoms with E-state index < -0.39 is 51.7 Å². The van der Waals surface area contributed by atoms with E-state index >= 15 is 8.78 Å². The zero-order valence-corrected chi connectivity index (χ0v) is 23.2. The van der Waals surface area contributed by atoms with E-state index in [1.807, 2.05) is 29.9 Å². The monoisotopic (exact) mass is 605 g/mol. The number of rotatable bonds is 5. The number of halogens is 5. The second kappa shape index (κ2) is 11.2. The minimum atomic E-state index is -5.04. The third-order valence-electron chi connectivity index (χ3n) is 7.33. The van der Waals surface area contributed by atoms with Gasteiger partial charge >= 0.3 is 6.18 Å². The number of anilines is 3. The van der Waals surface area contributed by atoms with Crippen LogP contribution >= 0.6 is 11.3 Å². The van der Waals surface area contributed by atoms with Crippen LogP contribution < -0.4 is 20.7 Å². The first-order chi connectivity index (χ1) is 19.9. The fraction of sp³-hybridized carbons (Fsp3) is 0.333. The number of amides is 1. The topological polar surface area (TPSA) is 108 Å². The molecule has 4 heterocycles. The molecule has 0 radical (unpaired) electrons. The van der Waals surface area contributed by atoms with Gasteiger partial charge in [-0.1, -0.05) is 17.4 Å². The van der Waals surface area contributed by atoms with E-state index in [1.165, 1.54) is 6.20 Å². The summed E-state index contributed by atoms with van der Waals surface area (Å²) in [6.07, 6.45) is -1.45. The number of aromatic nitrogens is 2. The number of aromatic amines is 1. The third kappa shape index (κ3) is 5.59. The van der Waals surface area contributed by atoms with E-state index in [9.17, 15) is 22.8 Å². The smallest absolute Gasteiger partial charge is 0.367 e. The van der Waals surface area contributed by atoms with Crippen molar-refractivity contribution in [1.29, 1.82) is 5.26 Å². The lowest BCUT2D eigenvalue weighted by Gasteiger charge is -2.40. The molecule has 3 aromatic rings. The summed E-state index contributed by atoms with van der Waals surface area (Å²) in [5.41, 5.74) is -4.17. The van der Waals surface area contributed by atoms with Crippen molar-refractivity contribution in [2.75, 3.05) is 54.9 Å². The molecule has 2 aliphatic heterocycles. The number of likely N-dealkylation sites (N-methyl/N-ethyl adjacent to an activating group) is 1. The molecule has 42 heavy (non-hydrogen) atoms. The van der Waals surface area contributed by atoms with E-state index in [0.29, 0.717) is 35.8 Å². The average molecular weight is 606 g/mol. The molecule has 0 aliphatic carbocycles. The second-order valence-electron chi connectivity index (χ2n) is 10.0. The van der Waals surface area contributed by atoms with Crippen LogP contribution in [0.1, 0.15) is 33.3 Å². The number of benzene rings is 1. The van der Waals surface area contributed by atoms with Crippen LogP contribution in [-0.4, -0.2) is 66.6 Å². The van der Waals surface area contributed by atoms with E-state index in [1.54, 1.807) is 15.9 Å². The molecule has 2 aromatic heterocycles. The second-order valence-corrected chi connectivity index (χ2v) is 11.0. The summed E-state index contributed by atoms with van der Waals surface area (Å²) >= 11 is 1.12. The van der Waals surface area contributed by atoms with Crippen LogP contribution in [-0.2, 0) is 6.18 Å². The van der Waals surface area contributed by atoms with Gasteiger partial charge in [0.15, 0.2) is 10.9 Å². The van der Waals surface area contributed by atoms with Crippen molar-refractivity contribution in [3.8, 4) is 6.07 Å². The number of nitrogens with one attached hydrogen (secondary N) is 2. The van der Waals surface area contributed by atoms with Gasteiger partial charge in [0, 0.05) is 57.1 Å². The standard InChI is InChI=1S/C27H24F5N7O2S/c1-14-12-38(6-5-37(14)2)20-8-19(28)22(15-3-4-39(13-15)26-35-10-16(9-33)42-26)23(29)24(20)36-25(41)17-11-34-21(40)7-18(17)27(30,31)32/h3,7-8,10-11,14H,4-6,12-13H2,1-2H3,(H,34,40)(H,36,41). The first-order valence-electron chi connectivity index (χ1n) is 12.8.